The molecule has 4 heteroatoms. The highest BCUT2D eigenvalue weighted by atomic mass is 19.1. The number of ether oxygens (including phenoxy) is 1. The maximum atomic E-state index is 13.3. The number of benzene rings is 1. The van der Waals surface area contributed by atoms with Crippen LogP contribution in [0.5, 0.6) is 5.75 Å². The zero-order valence-electron chi connectivity index (χ0n) is 7.76. The second-order valence-corrected chi connectivity index (χ2v) is 3.36. The van der Waals surface area contributed by atoms with Crippen LogP contribution >= 0.6 is 0 Å². The van der Waals surface area contributed by atoms with Crippen molar-refractivity contribution in [1.29, 1.82) is 0 Å². The van der Waals surface area contributed by atoms with E-state index in [1.165, 1.54) is 0 Å². The molecule has 0 aliphatic carbocycles. The van der Waals surface area contributed by atoms with Crippen molar-refractivity contribution in [2.45, 2.75) is 25.5 Å². The second kappa shape index (κ2) is 3.20. The van der Waals surface area contributed by atoms with Crippen molar-refractivity contribution in [1.82, 2.24) is 0 Å². The van der Waals surface area contributed by atoms with Crippen molar-refractivity contribution in [2.75, 3.05) is 0 Å². The molecule has 1 aromatic carbocycles. The molecule has 0 saturated heterocycles. The molecule has 0 saturated carbocycles. The number of nitrogens with two attached hydrogens (primary N) is 1. The summed E-state index contributed by atoms with van der Waals surface area (Å²) in [5.41, 5.74) is 5.90. The molecule has 14 heavy (non-hydrogen) atoms. The first-order valence-corrected chi connectivity index (χ1v) is 4.55. The monoisotopic (exact) mass is 199 g/mol. The van der Waals surface area contributed by atoms with E-state index in [-0.39, 0.29) is 17.4 Å². The summed E-state index contributed by atoms with van der Waals surface area (Å²) in [4.78, 5) is 0. The molecule has 0 aromatic heterocycles. The van der Waals surface area contributed by atoms with Crippen molar-refractivity contribution in [3.63, 3.8) is 0 Å². The Morgan fingerprint density at radius 1 is 1.36 bits per heavy atom. The Morgan fingerprint density at radius 3 is 2.57 bits per heavy atom. The van der Waals surface area contributed by atoms with Crippen LogP contribution < -0.4 is 10.5 Å². The molecule has 2 unspecified atom stereocenters. The molecule has 1 aliphatic heterocycles. The lowest BCUT2D eigenvalue weighted by molar-refractivity contribution is 0.196. The Labute approximate surface area is 80.7 Å². The molecule has 1 aromatic rings. The number of fused-ring (bicyclic) bond motifs is 1. The third-order valence-electron chi connectivity index (χ3n) is 2.50. The Balaban J connectivity index is 2.52. The minimum Gasteiger partial charge on any atom is -0.485 e. The average Bonchev–Trinajstić information content (AvgIpc) is 2.51. The number of halogens is 2. The van der Waals surface area contributed by atoms with E-state index < -0.39 is 17.7 Å². The lowest BCUT2D eigenvalue weighted by Gasteiger charge is -2.11. The number of hydrogen-bond acceptors (Lipinski definition) is 2. The van der Waals surface area contributed by atoms with Gasteiger partial charge in [-0.2, -0.15) is 0 Å². The summed E-state index contributed by atoms with van der Waals surface area (Å²) >= 11 is 0. The van der Waals surface area contributed by atoms with Crippen molar-refractivity contribution >= 4 is 0 Å². The summed E-state index contributed by atoms with van der Waals surface area (Å²) in [6.45, 7) is 1.87. The number of rotatable bonds is 1. The molecule has 0 spiro atoms. The van der Waals surface area contributed by atoms with Gasteiger partial charge in [0.2, 0.25) is 0 Å². The average molecular weight is 199 g/mol. The van der Waals surface area contributed by atoms with Crippen molar-refractivity contribution < 1.29 is 13.5 Å². The van der Waals surface area contributed by atoms with E-state index in [4.69, 9.17) is 10.5 Å². The summed E-state index contributed by atoms with van der Waals surface area (Å²) in [7, 11) is 0. The van der Waals surface area contributed by atoms with Crippen molar-refractivity contribution in [3.05, 3.63) is 29.3 Å². The summed E-state index contributed by atoms with van der Waals surface area (Å²) in [5, 5.41) is 0. The third kappa shape index (κ3) is 1.18. The van der Waals surface area contributed by atoms with Crippen molar-refractivity contribution in [2.24, 2.45) is 5.73 Å². The van der Waals surface area contributed by atoms with Gasteiger partial charge in [-0.3, -0.25) is 0 Å². The van der Waals surface area contributed by atoms with E-state index in [1.807, 2.05) is 6.92 Å². The molecule has 0 radical (unpaired) electrons. The lowest BCUT2D eigenvalue weighted by Crippen LogP contribution is -2.24. The van der Waals surface area contributed by atoms with Gasteiger partial charge in [0.15, 0.2) is 11.6 Å². The molecule has 1 heterocycles. The zero-order valence-corrected chi connectivity index (χ0v) is 7.76. The van der Waals surface area contributed by atoms with Gasteiger partial charge in [0.05, 0.1) is 11.6 Å². The summed E-state index contributed by atoms with van der Waals surface area (Å²) in [5.74, 6) is -1.07. The van der Waals surface area contributed by atoms with Gasteiger partial charge in [-0.1, -0.05) is 6.92 Å². The molecule has 0 amide bonds. The van der Waals surface area contributed by atoms with Crippen LogP contribution in [0.2, 0.25) is 0 Å². The highest BCUT2D eigenvalue weighted by Gasteiger charge is 2.35. The van der Waals surface area contributed by atoms with Gasteiger partial charge < -0.3 is 10.5 Å². The van der Waals surface area contributed by atoms with Gasteiger partial charge in [0, 0.05) is 0 Å². The van der Waals surface area contributed by atoms with Crippen LogP contribution in [0.15, 0.2) is 12.1 Å². The fourth-order valence-electron chi connectivity index (χ4n) is 1.73. The third-order valence-corrected chi connectivity index (χ3v) is 2.50. The highest BCUT2D eigenvalue weighted by molar-refractivity contribution is 5.42. The van der Waals surface area contributed by atoms with Gasteiger partial charge in [-0.05, 0) is 18.6 Å². The first kappa shape index (κ1) is 9.40. The van der Waals surface area contributed by atoms with Crippen LogP contribution in [0.4, 0.5) is 8.78 Å². The van der Waals surface area contributed by atoms with Crippen molar-refractivity contribution in [3.8, 4) is 5.75 Å². The number of hydrogen-bond donors (Lipinski definition) is 1. The van der Waals surface area contributed by atoms with E-state index >= 15 is 0 Å². The SMILES string of the molecule is CCC1Oc2c(F)ccc(F)c2C1N. The van der Waals surface area contributed by atoms with Gasteiger partial charge in [0.1, 0.15) is 11.9 Å². The maximum absolute atomic E-state index is 13.3. The molecule has 76 valence electrons. The topological polar surface area (TPSA) is 35.2 Å². The predicted octanol–water partition coefficient (Wildman–Crippen LogP) is 2.14. The molecule has 2 N–H and O–H groups in total. The van der Waals surface area contributed by atoms with Crippen LogP contribution in [0, 0.1) is 11.6 Å². The normalized spacial score (nSPS) is 24.6. The minimum absolute atomic E-state index is 0.0237. The van der Waals surface area contributed by atoms with E-state index in [2.05, 4.69) is 0 Å². The standard InChI is InChI=1S/C10H11F2NO/c1-2-7-9(13)8-5(11)3-4-6(12)10(8)14-7/h3-4,7,9H,2,13H2,1H3. The molecule has 2 atom stereocenters. The minimum atomic E-state index is -0.564. The molecule has 0 bridgehead atoms. The Morgan fingerprint density at radius 2 is 2.00 bits per heavy atom. The molecule has 2 nitrogen and oxygen atoms in total. The zero-order chi connectivity index (χ0) is 10.3. The van der Waals surface area contributed by atoms with E-state index in [0.29, 0.717) is 6.42 Å². The molecule has 2 rings (SSSR count). The van der Waals surface area contributed by atoms with Gasteiger partial charge >= 0.3 is 0 Å². The Kier molecular flexibility index (Phi) is 2.15. The van der Waals surface area contributed by atoms with Crippen LogP contribution in [0.25, 0.3) is 0 Å². The quantitative estimate of drug-likeness (QED) is 0.752. The van der Waals surface area contributed by atoms with Crippen LogP contribution in [0.3, 0.4) is 0 Å². The fraction of sp³-hybridized carbons (Fsp3) is 0.400. The van der Waals surface area contributed by atoms with Crippen LogP contribution in [-0.4, -0.2) is 6.10 Å². The molecular formula is C10H11F2NO. The molecule has 1 aliphatic rings. The van der Waals surface area contributed by atoms with E-state index in [9.17, 15) is 8.78 Å². The van der Waals surface area contributed by atoms with Gasteiger partial charge in [-0.25, -0.2) is 8.78 Å². The van der Waals surface area contributed by atoms with Gasteiger partial charge in [0.25, 0.3) is 0 Å². The smallest absolute Gasteiger partial charge is 0.165 e. The summed E-state index contributed by atoms with van der Waals surface area (Å²) in [6.07, 6.45) is 0.311. The van der Waals surface area contributed by atoms with Crippen LogP contribution in [-0.2, 0) is 0 Å². The first-order valence-electron chi connectivity index (χ1n) is 4.55. The first-order chi connectivity index (χ1) is 6.65. The van der Waals surface area contributed by atoms with E-state index in [0.717, 1.165) is 12.1 Å². The maximum Gasteiger partial charge on any atom is 0.165 e. The second-order valence-electron chi connectivity index (χ2n) is 3.36. The Hall–Kier alpha value is -1.16. The largest absolute Gasteiger partial charge is 0.485 e. The summed E-state index contributed by atoms with van der Waals surface area (Å²) < 4.78 is 31.8. The summed E-state index contributed by atoms with van der Waals surface area (Å²) in [6, 6.07) is 1.57. The fourth-order valence-corrected chi connectivity index (χ4v) is 1.73. The molecule has 0 fully saturated rings. The Bertz CT molecular complexity index is 367. The molecular weight excluding hydrogens is 188 g/mol. The van der Waals surface area contributed by atoms with Crippen LogP contribution in [0.1, 0.15) is 24.9 Å². The van der Waals surface area contributed by atoms with Gasteiger partial charge in [-0.15, -0.1) is 0 Å². The van der Waals surface area contributed by atoms with E-state index in [1.54, 1.807) is 0 Å². The highest BCUT2D eigenvalue weighted by Crippen LogP contribution is 2.39. The lowest BCUT2D eigenvalue weighted by atomic mass is 10.0. The predicted molar refractivity (Wildman–Crippen MR) is 48.0 cm³/mol.